The quantitative estimate of drug-likeness (QED) is 0.699. The van der Waals surface area contributed by atoms with Gasteiger partial charge in [0.2, 0.25) is 11.8 Å². The fourth-order valence-corrected chi connectivity index (χ4v) is 4.02. The number of halogens is 1. The molecule has 1 heterocycles. The molecular formula is C22H24FN3O3S. The number of thioether (sulfide) groups is 1. The van der Waals surface area contributed by atoms with E-state index in [1.807, 2.05) is 13.8 Å². The Balaban J connectivity index is 1.71. The molecule has 2 amide bonds. The molecule has 1 aliphatic heterocycles. The van der Waals surface area contributed by atoms with Crippen LogP contribution in [0.1, 0.15) is 26.7 Å². The van der Waals surface area contributed by atoms with E-state index < -0.39 is 5.25 Å². The van der Waals surface area contributed by atoms with Crippen molar-refractivity contribution in [2.75, 3.05) is 18.5 Å². The number of nitrogens with one attached hydrogen (secondary N) is 1. The molecule has 2 aromatic rings. The van der Waals surface area contributed by atoms with Crippen LogP contribution < -0.4 is 10.1 Å². The van der Waals surface area contributed by atoms with E-state index in [-0.39, 0.29) is 24.1 Å². The first-order chi connectivity index (χ1) is 14.5. The number of carbonyl (C=O) groups is 2. The number of aliphatic imine (C=N–C) groups is 1. The van der Waals surface area contributed by atoms with Gasteiger partial charge in [0.25, 0.3) is 0 Å². The minimum Gasteiger partial charge on any atom is -0.494 e. The van der Waals surface area contributed by atoms with Crippen LogP contribution in [0.2, 0.25) is 0 Å². The highest BCUT2D eigenvalue weighted by molar-refractivity contribution is 8.15. The normalized spacial score (nSPS) is 17.8. The highest BCUT2D eigenvalue weighted by Crippen LogP contribution is 2.30. The molecule has 30 heavy (non-hydrogen) atoms. The minimum absolute atomic E-state index is 0.0878. The van der Waals surface area contributed by atoms with Crippen LogP contribution in [0.4, 0.5) is 15.8 Å². The van der Waals surface area contributed by atoms with Gasteiger partial charge in [0.05, 0.1) is 12.3 Å². The molecule has 0 saturated carbocycles. The van der Waals surface area contributed by atoms with E-state index in [1.165, 1.54) is 40.9 Å². The van der Waals surface area contributed by atoms with Gasteiger partial charge in [-0.2, -0.15) is 0 Å². The molecule has 0 spiro atoms. The van der Waals surface area contributed by atoms with Crippen LogP contribution >= 0.6 is 11.8 Å². The Morgan fingerprint density at radius 1 is 1.20 bits per heavy atom. The third kappa shape index (κ3) is 5.60. The Morgan fingerprint density at radius 3 is 2.53 bits per heavy atom. The van der Waals surface area contributed by atoms with Crippen molar-refractivity contribution in [2.24, 2.45) is 4.99 Å². The standard InChI is InChI=1S/C22H24FN3O3S/c1-3-13-29-18-11-9-16(10-12-18)24-21(28)19-14-20(27)26(4-2)22(30-19)25-17-7-5-15(23)6-8-17/h5-12,19H,3-4,13-14H2,1-2H3,(H,24,28). The zero-order valence-electron chi connectivity index (χ0n) is 16.9. The molecule has 0 bridgehead atoms. The number of ether oxygens (including phenoxy) is 1. The van der Waals surface area contributed by atoms with E-state index in [9.17, 15) is 14.0 Å². The van der Waals surface area contributed by atoms with Gasteiger partial charge in [-0.3, -0.25) is 14.5 Å². The summed E-state index contributed by atoms with van der Waals surface area (Å²) in [6.45, 7) is 4.96. The summed E-state index contributed by atoms with van der Waals surface area (Å²) in [5.41, 5.74) is 1.15. The lowest BCUT2D eigenvalue weighted by molar-refractivity contribution is -0.129. The zero-order valence-corrected chi connectivity index (χ0v) is 17.7. The smallest absolute Gasteiger partial charge is 0.238 e. The highest BCUT2D eigenvalue weighted by atomic mass is 32.2. The molecule has 0 aromatic heterocycles. The second-order valence-corrected chi connectivity index (χ2v) is 7.85. The van der Waals surface area contributed by atoms with E-state index in [1.54, 1.807) is 24.3 Å². The second kappa shape index (κ2) is 10.2. The number of anilines is 1. The molecule has 158 valence electrons. The summed E-state index contributed by atoms with van der Waals surface area (Å²) < 4.78 is 18.7. The second-order valence-electron chi connectivity index (χ2n) is 6.68. The molecule has 1 fully saturated rings. The van der Waals surface area contributed by atoms with Crippen LogP contribution in [0.3, 0.4) is 0 Å². The summed E-state index contributed by atoms with van der Waals surface area (Å²) in [5.74, 6) is -0.0508. The van der Waals surface area contributed by atoms with Crippen molar-refractivity contribution in [2.45, 2.75) is 31.9 Å². The Hall–Kier alpha value is -2.87. The number of amides is 2. The molecule has 1 N–H and O–H groups in total. The zero-order chi connectivity index (χ0) is 21.5. The lowest BCUT2D eigenvalue weighted by Gasteiger charge is -2.30. The molecule has 2 aromatic carbocycles. The topological polar surface area (TPSA) is 71.0 Å². The van der Waals surface area contributed by atoms with Crippen LogP contribution in [0.15, 0.2) is 53.5 Å². The summed E-state index contributed by atoms with van der Waals surface area (Å²) in [6.07, 6.45) is 1.01. The first kappa shape index (κ1) is 21.8. The third-order valence-corrected chi connectivity index (χ3v) is 5.58. The lowest BCUT2D eigenvalue weighted by atomic mass is 10.2. The molecule has 3 rings (SSSR count). The summed E-state index contributed by atoms with van der Waals surface area (Å²) in [7, 11) is 0. The van der Waals surface area contributed by atoms with Crippen LogP contribution in [-0.4, -0.2) is 40.3 Å². The van der Waals surface area contributed by atoms with Gasteiger partial charge < -0.3 is 10.1 Å². The van der Waals surface area contributed by atoms with E-state index >= 15 is 0 Å². The van der Waals surface area contributed by atoms with Crippen molar-refractivity contribution in [3.05, 3.63) is 54.3 Å². The fraction of sp³-hybridized carbons (Fsp3) is 0.318. The van der Waals surface area contributed by atoms with Crippen molar-refractivity contribution in [3.63, 3.8) is 0 Å². The van der Waals surface area contributed by atoms with Crippen molar-refractivity contribution >= 4 is 40.1 Å². The van der Waals surface area contributed by atoms with E-state index in [0.717, 1.165) is 12.2 Å². The molecule has 0 aliphatic carbocycles. The maximum absolute atomic E-state index is 13.2. The van der Waals surface area contributed by atoms with Gasteiger partial charge >= 0.3 is 0 Å². The van der Waals surface area contributed by atoms with Gasteiger partial charge in [0.1, 0.15) is 16.8 Å². The number of hydrogen-bond donors (Lipinski definition) is 1. The van der Waals surface area contributed by atoms with Crippen molar-refractivity contribution in [1.82, 2.24) is 4.90 Å². The Bertz CT molecular complexity index is 916. The van der Waals surface area contributed by atoms with Crippen LogP contribution in [-0.2, 0) is 9.59 Å². The molecule has 1 aliphatic rings. The van der Waals surface area contributed by atoms with E-state index in [2.05, 4.69) is 10.3 Å². The Kier molecular flexibility index (Phi) is 7.46. The van der Waals surface area contributed by atoms with Gasteiger partial charge in [-0.1, -0.05) is 18.7 Å². The lowest BCUT2D eigenvalue weighted by Crippen LogP contribution is -2.45. The molecule has 1 atom stereocenters. The predicted molar refractivity (Wildman–Crippen MR) is 118 cm³/mol. The predicted octanol–water partition coefficient (Wildman–Crippen LogP) is 4.59. The highest BCUT2D eigenvalue weighted by Gasteiger charge is 2.35. The fourth-order valence-electron chi connectivity index (χ4n) is 2.86. The van der Waals surface area contributed by atoms with Crippen LogP contribution in [0.5, 0.6) is 5.75 Å². The maximum Gasteiger partial charge on any atom is 0.238 e. The summed E-state index contributed by atoms with van der Waals surface area (Å²) in [4.78, 5) is 31.3. The van der Waals surface area contributed by atoms with Crippen molar-refractivity contribution in [1.29, 1.82) is 0 Å². The van der Waals surface area contributed by atoms with E-state index in [0.29, 0.717) is 29.7 Å². The summed E-state index contributed by atoms with van der Waals surface area (Å²) >= 11 is 1.23. The summed E-state index contributed by atoms with van der Waals surface area (Å²) in [5, 5.41) is 2.68. The van der Waals surface area contributed by atoms with Gasteiger partial charge in [-0.05, 0) is 61.9 Å². The number of carbonyl (C=O) groups excluding carboxylic acids is 2. The Morgan fingerprint density at radius 2 is 1.90 bits per heavy atom. The number of benzene rings is 2. The SMILES string of the molecule is CCCOc1ccc(NC(=O)C2CC(=O)N(CC)C(=Nc3ccc(F)cc3)S2)cc1. The van der Waals surface area contributed by atoms with Gasteiger partial charge in [-0.15, -0.1) is 0 Å². The van der Waals surface area contributed by atoms with E-state index in [4.69, 9.17) is 4.74 Å². The molecule has 1 unspecified atom stereocenters. The number of nitrogens with zero attached hydrogens (tertiary/aromatic N) is 2. The number of hydrogen-bond acceptors (Lipinski definition) is 5. The third-order valence-electron chi connectivity index (χ3n) is 4.39. The van der Waals surface area contributed by atoms with Gasteiger partial charge in [-0.25, -0.2) is 9.38 Å². The average Bonchev–Trinajstić information content (AvgIpc) is 2.74. The maximum atomic E-state index is 13.2. The van der Waals surface area contributed by atoms with Gasteiger partial charge in [0, 0.05) is 18.7 Å². The molecule has 8 heteroatoms. The minimum atomic E-state index is -0.601. The number of amidine groups is 1. The van der Waals surface area contributed by atoms with Crippen molar-refractivity contribution in [3.8, 4) is 5.75 Å². The van der Waals surface area contributed by atoms with Crippen LogP contribution in [0.25, 0.3) is 0 Å². The van der Waals surface area contributed by atoms with Crippen molar-refractivity contribution < 1.29 is 18.7 Å². The first-order valence-electron chi connectivity index (χ1n) is 9.85. The molecule has 0 radical (unpaired) electrons. The Labute approximate surface area is 179 Å². The summed E-state index contributed by atoms with van der Waals surface area (Å²) in [6, 6.07) is 12.8. The van der Waals surface area contributed by atoms with Gasteiger partial charge in [0.15, 0.2) is 5.17 Å². The molecule has 1 saturated heterocycles. The first-order valence-corrected chi connectivity index (χ1v) is 10.7. The van der Waals surface area contributed by atoms with Crippen LogP contribution in [0, 0.1) is 5.82 Å². The largest absolute Gasteiger partial charge is 0.494 e. The average molecular weight is 430 g/mol. The monoisotopic (exact) mass is 429 g/mol. The number of rotatable bonds is 7. The molecular weight excluding hydrogens is 405 g/mol. The molecule has 6 nitrogen and oxygen atoms in total.